The number of hydrogen-bond acceptors (Lipinski definition) is 5. The average molecular weight is 494 g/mol. The van der Waals surface area contributed by atoms with Gasteiger partial charge in [0.15, 0.2) is 0 Å². The van der Waals surface area contributed by atoms with Crippen molar-refractivity contribution in [2.75, 3.05) is 43.0 Å². The second kappa shape index (κ2) is 9.82. The maximum Gasteiger partial charge on any atom is 0.262 e. The quantitative estimate of drug-likeness (QED) is 0.426. The summed E-state index contributed by atoms with van der Waals surface area (Å²) in [6, 6.07) is 25.8. The molecule has 4 aromatic rings. The van der Waals surface area contributed by atoms with E-state index in [2.05, 4.69) is 41.1 Å². The molecule has 2 aliphatic rings. The number of hydrogen-bond donors (Lipinski definition) is 0. The lowest BCUT2D eigenvalue weighted by atomic mass is 9.96. The van der Waals surface area contributed by atoms with Crippen LogP contribution >= 0.6 is 0 Å². The van der Waals surface area contributed by atoms with Crippen molar-refractivity contribution in [1.82, 2.24) is 14.5 Å². The van der Waals surface area contributed by atoms with E-state index in [1.54, 1.807) is 9.47 Å². The fraction of sp³-hybridized carbons (Fsp3) is 0.300. The van der Waals surface area contributed by atoms with Crippen LogP contribution in [-0.4, -0.2) is 53.6 Å². The Hall–Kier alpha value is -3.97. The summed E-state index contributed by atoms with van der Waals surface area (Å²) in [5.41, 5.74) is 3.82. The Bertz CT molecular complexity index is 1470. The van der Waals surface area contributed by atoms with Crippen LogP contribution < -0.4 is 15.4 Å². The molecule has 0 aliphatic carbocycles. The van der Waals surface area contributed by atoms with Gasteiger partial charge in [-0.15, -0.1) is 0 Å². The molecule has 0 radical (unpaired) electrons. The first kappa shape index (κ1) is 23.4. The molecule has 1 saturated heterocycles. The Morgan fingerprint density at radius 1 is 0.811 bits per heavy atom. The highest BCUT2D eigenvalue weighted by Gasteiger charge is 2.35. The second-order valence-electron chi connectivity index (χ2n) is 10.1. The van der Waals surface area contributed by atoms with Crippen molar-refractivity contribution in [1.29, 1.82) is 0 Å². The smallest absolute Gasteiger partial charge is 0.262 e. The second-order valence-corrected chi connectivity index (χ2v) is 10.1. The van der Waals surface area contributed by atoms with Crippen molar-refractivity contribution < 1.29 is 4.79 Å². The third-order valence-corrected chi connectivity index (χ3v) is 7.57. The molecular formula is C30H31N5O2. The number of likely N-dealkylation sites (N-methyl/N-ethyl adjacent to an activating group) is 1. The highest BCUT2D eigenvalue weighted by Crippen LogP contribution is 2.28. The van der Waals surface area contributed by atoms with Crippen LogP contribution in [0.2, 0.25) is 0 Å². The summed E-state index contributed by atoms with van der Waals surface area (Å²) in [5.74, 6) is 0.107. The standard InChI is InChI=1S/C30H31N5O2/c1-32-15-17-33(18-16-32)25-13-11-23(12-14-25)20-34-28(36)24(19-22-7-3-2-4-8-22)21-35-29(37)26-9-5-6-10-27(26)31-30(34)35/h2-14,24H,15-21H2,1H3. The summed E-state index contributed by atoms with van der Waals surface area (Å²) < 4.78 is 1.69. The zero-order valence-electron chi connectivity index (χ0n) is 21.1. The fourth-order valence-electron chi connectivity index (χ4n) is 5.40. The molecule has 7 nitrogen and oxygen atoms in total. The Kier molecular flexibility index (Phi) is 6.22. The first-order chi connectivity index (χ1) is 18.1. The van der Waals surface area contributed by atoms with Crippen molar-refractivity contribution >= 4 is 28.4 Å². The van der Waals surface area contributed by atoms with Gasteiger partial charge in [0.25, 0.3) is 5.56 Å². The largest absolute Gasteiger partial charge is 0.369 e. The van der Waals surface area contributed by atoms with E-state index in [-0.39, 0.29) is 17.4 Å². The molecule has 0 spiro atoms. The van der Waals surface area contributed by atoms with Crippen molar-refractivity contribution in [3.05, 3.63) is 100 Å². The van der Waals surface area contributed by atoms with Crippen LogP contribution in [0.1, 0.15) is 11.1 Å². The van der Waals surface area contributed by atoms with E-state index >= 15 is 0 Å². The van der Waals surface area contributed by atoms with Gasteiger partial charge in [-0.25, -0.2) is 4.98 Å². The zero-order valence-corrected chi connectivity index (χ0v) is 21.1. The highest BCUT2D eigenvalue weighted by atomic mass is 16.2. The third-order valence-electron chi connectivity index (χ3n) is 7.57. The Morgan fingerprint density at radius 2 is 1.51 bits per heavy atom. The van der Waals surface area contributed by atoms with Crippen molar-refractivity contribution in [3.8, 4) is 0 Å². The van der Waals surface area contributed by atoms with Gasteiger partial charge in [-0.2, -0.15) is 0 Å². The summed E-state index contributed by atoms with van der Waals surface area (Å²) in [6.07, 6.45) is 0.581. The summed E-state index contributed by atoms with van der Waals surface area (Å²) in [6.45, 7) is 4.83. The summed E-state index contributed by atoms with van der Waals surface area (Å²) in [5, 5.41) is 0.579. The predicted octanol–water partition coefficient (Wildman–Crippen LogP) is 3.55. The van der Waals surface area contributed by atoms with Gasteiger partial charge in [-0.1, -0.05) is 54.6 Å². The van der Waals surface area contributed by atoms with E-state index in [0.29, 0.717) is 36.4 Å². The van der Waals surface area contributed by atoms with Gasteiger partial charge in [0.05, 0.1) is 23.4 Å². The number of anilines is 2. The van der Waals surface area contributed by atoms with Gasteiger partial charge in [-0.3, -0.25) is 19.1 Å². The molecule has 3 heterocycles. The number of para-hydroxylation sites is 1. The van der Waals surface area contributed by atoms with E-state index in [0.717, 1.165) is 37.3 Å². The van der Waals surface area contributed by atoms with Crippen LogP contribution in [0.15, 0.2) is 83.7 Å². The predicted molar refractivity (Wildman–Crippen MR) is 147 cm³/mol. The first-order valence-corrected chi connectivity index (χ1v) is 12.9. The number of carbonyl (C=O) groups is 1. The SMILES string of the molecule is CN1CCN(c2ccc(CN3C(=O)C(Cc4ccccc4)Cn4c3nc3ccccc3c4=O)cc2)CC1. The van der Waals surface area contributed by atoms with E-state index in [9.17, 15) is 9.59 Å². The molecule has 0 N–H and O–H groups in total. The van der Waals surface area contributed by atoms with Crippen LogP contribution in [-0.2, 0) is 24.3 Å². The maximum absolute atomic E-state index is 13.8. The lowest BCUT2D eigenvalue weighted by Crippen LogP contribution is -2.48. The molecule has 3 aromatic carbocycles. The number of amides is 1. The highest BCUT2D eigenvalue weighted by molar-refractivity contribution is 5.96. The van der Waals surface area contributed by atoms with Gasteiger partial charge < -0.3 is 9.80 Å². The molecule has 37 heavy (non-hydrogen) atoms. The van der Waals surface area contributed by atoms with Crippen LogP contribution in [0.25, 0.3) is 10.9 Å². The molecule has 2 aliphatic heterocycles. The molecule has 1 atom stereocenters. The minimum Gasteiger partial charge on any atom is -0.369 e. The number of benzene rings is 3. The number of piperazine rings is 1. The van der Waals surface area contributed by atoms with Crippen molar-refractivity contribution in [2.45, 2.75) is 19.5 Å². The summed E-state index contributed by atoms with van der Waals surface area (Å²) in [7, 11) is 2.15. The first-order valence-electron chi connectivity index (χ1n) is 12.9. The van der Waals surface area contributed by atoms with Crippen LogP contribution in [0.3, 0.4) is 0 Å². The minimum atomic E-state index is -0.333. The number of nitrogens with zero attached hydrogens (tertiary/aromatic N) is 5. The van der Waals surface area contributed by atoms with Gasteiger partial charge in [0.1, 0.15) is 0 Å². The Labute approximate surface area is 216 Å². The monoisotopic (exact) mass is 493 g/mol. The molecular weight excluding hydrogens is 462 g/mol. The molecule has 188 valence electrons. The van der Waals surface area contributed by atoms with Crippen LogP contribution in [0.5, 0.6) is 0 Å². The number of carbonyl (C=O) groups excluding carboxylic acids is 1. The van der Waals surface area contributed by atoms with E-state index < -0.39 is 0 Å². The van der Waals surface area contributed by atoms with E-state index in [1.807, 2.05) is 54.6 Å². The summed E-state index contributed by atoms with van der Waals surface area (Å²) in [4.78, 5) is 38.6. The molecule has 7 heteroatoms. The van der Waals surface area contributed by atoms with Gasteiger partial charge in [-0.05, 0) is 48.9 Å². The molecule has 1 fully saturated rings. The van der Waals surface area contributed by atoms with Crippen molar-refractivity contribution in [3.63, 3.8) is 0 Å². The number of fused-ring (bicyclic) bond motifs is 2. The molecule has 1 amide bonds. The lowest BCUT2D eigenvalue weighted by Gasteiger charge is -2.35. The molecule has 1 unspecified atom stereocenters. The minimum absolute atomic E-state index is 0.00850. The Morgan fingerprint density at radius 3 is 2.27 bits per heavy atom. The molecule has 0 saturated carbocycles. The van der Waals surface area contributed by atoms with E-state index in [1.165, 1.54) is 5.69 Å². The van der Waals surface area contributed by atoms with Crippen LogP contribution in [0.4, 0.5) is 11.6 Å². The van der Waals surface area contributed by atoms with Crippen molar-refractivity contribution in [2.24, 2.45) is 5.92 Å². The molecule has 1 aromatic heterocycles. The summed E-state index contributed by atoms with van der Waals surface area (Å²) >= 11 is 0. The number of aromatic nitrogens is 2. The van der Waals surface area contributed by atoms with Gasteiger partial charge in [0.2, 0.25) is 11.9 Å². The molecule has 0 bridgehead atoms. The van der Waals surface area contributed by atoms with Crippen LogP contribution in [0, 0.1) is 5.92 Å². The average Bonchev–Trinajstić information content (AvgIpc) is 2.93. The maximum atomic E-state index is 13.8. The van der Waals surface area contributed by atoms with Gasteiger partial charge in [0, 0.05) is 38.4 Å². The topological polar surface area (TPSA) is 61.7 Å². The van der Waals surface area contributed by atoms with E-state index in [4.69, 9.17) is 4.98 Å². The zero-order chi connectivity index (χ0) is 25.4. The lowest BCUT2D eigenvalue weighted by molar-refractivity contribution is -0.123. The van der Waals surface area contributed by atoms with Gasteiger partial charge >= 0.3 is 0 Å². The fourth-order valence-corrected chi connectivity index (χ4v) is 5.40. The number of rotatable bonds is 5. The Balaban J connectivity index is 1.34. The third kappa shape index (κ3) is 4.62. The normalized spacial score (nSPS) is 18.3. The molecule has 6 rings (SSSR count).